The zero-order chi connectivity index (χ0) is 106. The number of primary amides is 1. The Labute approximate surface area is 909 Å². The summed E-state index contributed by atoms with van der Waals surface area (Å²) >= 11 is 15.3. The van der Waals surface area contributed by atoms with Crippen LogP contribution < -0.4 is 61.2 Å². The van der Waals surface area contributed by atoms with Crippen molar-refractivity contribution >= 4 is 258 Å². The number of hydrogen-bond donors (Lipinski definition) is 6. The Hall–Kier alpha value is -10.9. The fourth-order valence-corrected chi connectivity index (χ4v) is 47.1. The Bertz CT molecular complexity index is 7480. The number of piperazine rings is 3. The molecule has 7 N–H and O–H groups in total. The molecular formula is C104H117ClN14O13S15. The molecule has 0 spiro atoms. The SMILES string of the molecule is CCC(=O)c1cccc2cc(Oc3ccnc(Cl)c3)ccc12.CNC(=O)c1cccc2cc(Oc3ccnc(NC(=O)c4ccc(N5C[C@@H](C)N(C(=O)OC(C)(C)C)[C@@H](C)C5)cc4C)c3)ccc12.CNC(=O)c1cccc2cc(Oc3ccnc(NC(=O)c4ccc(N5C[C@@H](C)N[C@@H](C)C5)cc4C)c3)ccc12.Cc1cc(N2C[C@@H](C)N(C(=O)OC(C)(C)C)[C@@H](C)C2)ccc1C(N)=O.S=S=S=S=S=S=S=S=S=S=S=S=S=S=S. The van der Waals surface area contributed by atoms with Gasteiger partial charge in [0.15, 0.2) is 5.78 Å². The van der Waals surface area contributed by atoms with Crippen molar-refractivity contribution in [2.75, 3.05) is 78.7 Å². The van der Waals surface area contributed by atoms with Gasteiger partial charge in [0.25, 0.3) is 23.6 Å². The molecule has 43 heteroatoms. The number of carbonyl (C=O) groups is 8. The molecule has 0 radical (unpaired) electrons. The van der Waals surface area contributed by atoms with Crippen molar-refractivity contribution in [2.45, 2.75) is 165 Å². The van der Waals surface area contributed by atoms with E-state index in [1.54, 1.807) is 191 Å². The maximum Gasteiger partial charge on any atom is 0.410 e. The van der Waals surface area contributed by atoms with E-state index in [4.69, 9.17) is 63.4 Å². The summed E-state index contributed by atoms with van der Waals surface area (Å²) in [5.74, 6) is 3.25. The van der Waals surface area contributed by atoms with Crippen LogP contribution in [0.1, 0.15) is 175 Å². The van der Waals surface area contributed by atoms with Crippen LogP contribution in [0, 0.1) is 20.8 Å². The number of aryl methyl sites for hydroxylation is 3. The second kappa shape index (κ2) is 56.1. The molecule has 3 aliphatic rings. The molecule has 3 fully saturated rings. The molecule has 147 heavy (non-hydrogen) atoms. The van der Waals surface area contributed by atoms with Gasteiger partial charge in [0.2, 0.25) is 5.91 Å². The number of ether oxygens (including phenoxy) is 5. The molecule has 0 saturated carbocycles. The van der Waals surface area contributed by atoms with E-state index in [0.29, 0.717) is 124 Å². The third-order valence-corrected chi connectivity index (χ3v) is 49.8. The van der Waals surface area contributed by atoms with Gasteiger partial charge in [0.05, 0.1) is 24.2 Å². The summed E-state index contributed by atoms with van der Waals surface area (Å²) < 4.78 is 29.1. The van der Waals surface area contributed by atoms with Gasteiger partial charge in [-0.2, -0.15) is 0 Å². The molecule has 0 unspecified atom stereocenters. The highest BCUT2D eigenvalue weighted by molar-refractivity contribution is 8.76. The number of pyridine rings is 3. The van der Waals surface area contributed by atoms with Crippen molar-refractivity contribution in [1.29, 1.82) is 0 Å². The summed E-state index contributed by atoms with van der Waals surface area (Å²) in [6, 6.07) is 61.9. The quantitative estimate of drug-likeness (QED) is 0.0343. The van der Waals surface area contributed by atoms with Crippen LogP contribution in [0.25, 0.3) is 32.3 Å². The number of nitrogens with two attached hydrogens (primary N) is 1. The number of Topliss-reactive ketones (excluding diaryl/α,β-unsaturated/α-hetero) is 1. The lowest BCUT2D eigenvalue weighted by molar-refractivity contribution is 0.00449. The minimum atomic E-state index is -0.553. The Morgan fingerprint density at radius 1 is 0.395 bits per heavy atom. The summed E-state index contributed by atoms with van der Waals surface area (Å²) in [6.45, 7) is 35.9. The van der Waals surface area contributed by atoms with E-state index in [-0.39, 0.29) is 65.8 Å². The molecule has 15 rings (SSSR count). The van der Waals surface area contributed by atoms with Crippen molar-refractivity contribution < 1.29 is 62.0 Å². The lowest BCUT2D eigenvalue weighted by Gasteiger charge is -2.45. The summed E-state index contributed by atoms with van der Waals surface area (Å²) in [5, 5.41) is 20.4. The van der Waals surface area contributed by atoms with Crippen LogP contribution in [-0.4, -0.2) is 173 Å². The average Bonchev–Trinajstić information content (AvgIpc) is 0.760. The number of fused-ring (bicyclic) bond motifs is 3. The van der Waals surface area contributed by atoms with Gasteiger partial charge in [-0.1, -0.05) is 61.0 Å². The van der Waals surface area contributed by atoms with Crippen molar-refractivity contribution in [3.63, 3.8) is 0 Å². The number of aromatic nitrogens is 3. The van der Waals surface area contributed by atoms with E-state index in [2.05, 4.69) is 76.1 Å². The van der Waals surface area contributed by atoms with E-state index in [9.17, 15) is 38.4 Å². The smallest absolute Gasteiger partial charge is 0.410 e. The zero-order valence-corrected chi connectivity index (χ0v) is 97.2. The Morgan fingerprint density at radius 2 is 0.714 bits per heavy atom. The van der Waals surface area contributed by atoms with Gasteiger partial charge in [0, 0.05) is 297 Å². The molecule has 6 atom stereocenters. The van der Waals surface area contributed by atoms with Gasteiger partial charge in [-0.3, -0.25) is 38.6 Å². The molecule has 6 heterocycles. The van der Waals surface area contributed by atoms with Crippen LogP contribution in [0.2, 0.25) is 5.15 Å². The highest BCUT2D eigenvalue weighted by Gasteiger charge is 2.38. The van der Waals surface area contributed by atoms with Crippen LogP contribution in [0.15, 0.2) is 219 Å². The lowest BCUT2D eigenvalue weighted by Crippen LogP contribution is -2.59. The maximum atomic E-state index is 13.3. The van der Waals surface area contributed by atoms with E-state index in [0.717, 1.165) is 84.7 Å². The first kappa shape index (κ1) is 116. The Morgan fingerprint density at radius 3 is 1.04 bits per heavy atom. The van der Waals surface area contributed by atoms with Crippen LogP contribution >= 0.6 is 11.6 Å². The number of halogens is 1. The maximum absolute atomic E-state index is 13.3. The van der Waals surface area contributed by atoms with Gasteiger partial charge in [-0.05, 0) is 292 Å². The van der Waals surface area contributed by atoms with Crippen molar-refractivity contribution in [2.24, 2.45) is 5.73 Å². The molecule has 0 aliphatic carbocycles. The predicted molar refractivity (Wildman–Crippen MR) is 632 cm³/mol. The van der Waals surface area contributed by atoms with Crippen LogP contribution in [0.5, 0.6) is 34.5 Å². The minimum absolute atomic E-state index is 0.0229. The predicted octanol–water partition coefficient (Wildman–Crippen LogP) is 20.1. The highest BCUT2D eigenvalue weighted by atomic mass is 35.5. The second-order valence-corrected chi connectivity index (χ2v) is 59.8. The van der Waals surface area contributed by atoms with Crippen LogP contribution in [0.3, 0.4) is 0 Å². The van der Waals surface area contributed by atoms with E-state index >= 15 is 0 Å². The molecule has 3 aliphatic heterocycles. The third kappa shape index (κ3) is 34.6. The molecule has 9 aromatic carbocycles. The molecule has 27 nitrogen and oxygen atoms in total. The molecule has 778 valence electrons. The Balaban J connectivity index is 0.000000184. The molecule has 0 bridgehead atoms. The summed E-state index contributed by atoms with van der Waals surface area (Å²) in [4.78, 5) is 122. The van der Waals surface area contributed by atoms with E-state index in [1.807, 2.05) is 240 Å². The molecule has 3 aromatic heterocycles. The monoisotopic (exact) mass is 2280 g/mol. The fourth-order valence-electron chi connectivity index (χ4n) is 16.8. The number of amides is 7. The Kier molecular flexibility index (Phi) is 44.4. The fraction of sp³-hybridized carbons (Fsp3) is 0.317. The minimum Gasteiger partial charge on any atom is -0.457 e. The van der Waals surface area contributed by atoms with Gasteiger partial charge >= 0.3 is 12.2 Å². The summed E-state index contributed by atoms with van der Waals surface area (Å²) in [7, 11) is 24.9. The molecule has 3 saturated heterocycles. The standard InChI is InChI=1S/C36H41N5O5.C31H33N5O3.C19H29N3O3.C18H14ClNO2.S15/c1-22-17-26(40-20-23(2)41(24(3)21-40)35(44)46-36(4,5)6)11-13-29(22)34(43)39-32-19-28(15-16-38-32)45-27-12-14-30-25(18-27)9-8-10-31(30)33(42)37-7;1-19-14-23(36-17-20(2)34-21(3)18-36)8-10-26(19)31(38)35-29-16-25(12-13-33-29)39-24-9-11-27-22(15-24)6-5-7-28(27)30(37)32-4;1-12-9-15(7-8-16(12)17(20)23)21-10-13(2)22(14(3)11-21)18(24)25-19(4,5)6;1-2-17(21)16-5-3-4-12-10-13(6-7-15(12)16)22-14-8-9-20-18(19)11-14;1-3-5-7-9-11-13-15-14-12-10-8-6-4-2/h8-19,23-24H,20-21H2,1-7H3,(H,37,42)(H,38,39,43);5-16,20-21,34H,17-18H2,1-4H3,(H,32,37)(H,33,35,38);7-9,13-14H,10-11H2,1-6H3,(H2,20,23);3-11H,2H2,1H3;/t23-,24+;20-,21+;13-,14+;;. The number of carbonyl (C=O) groups excluding carboxylic acids is 8. The first-order chi connectivity index (χ1) is 70.2. The van der Waals surface area contributed by atoms with Gasteiger partial charge < -0.3 is 70.7 Å². The van der Waals surface area contributed by atoms with Gasteiger partial charge in [-0.15, -0.1) is 0 Å². The number of nitrogens with zero attached hydrogens (tertiary/aromatic N) is 8. The molecule has 7 amide bonds. The highest BCUT2D eigenvalue weighted by Crippen LogP contribution is 2.36. The number of benzene rings is 9. The molecule has 12 aromatic rings. The normalized spacial score (nSPS) is 15.7. The van der Waals surface area contributed by atoms with Crippen molar-refractivity contribution in [3.05, 3.63) is 274 Å². The summed E-state index contributed by atoms with van der Waals surface area (Å²) in [6.07, 6.45) is 4.69. The van der Waals surface area contributed by atoms with E-state index in [1.165, 1.54) is 17.8 Å². The topological polar surface area (TPSA) is 324 Å². The second-order valence-electron chi connectivity index (χ2n) is 36.4. The summed E-state index contributed by atoms with van der Waals surface area (Å²) in [5.41, 5.74) is 13.7. The number of rotatable bonds is 18. The van der Waals surface area contributed by atoms with Crippen molar-refractivity contribution in [3.8, 4) is 34.5 Å². The number of ketones is 1. The van der Waals surface area contributed by atoms with Gasteiger partial charge in [-0.25, -0.2) is 24.5 Å². The first-order valence-corrected chi connectivity index (χ1v) is 65.6. The largest absolute Gasteiger partial charge is 0.457 e. The number of nitrogens with one attached hydrogen (secondary N) is 5. The number of hydrogen-bond acceptors (Lipinski definition) is 22. The zero-order valence-electron chi connectivity index (χ0n) is 84.2. The first-order valence-electron chi connectivity index (χ1n) is 46.5. The van der Waals surface area contributed by atoms with Crippen molar-refractivity contribution in [1.82, 2.24) is 40.7 Å². The van der Waals surface area contributed by atoms with Gasteiger partial charge in [0.1, 0.15) is 62.5 Å². The van der Waals surface area contributed by atoms with Crippen LogP contribution in [-0.2, 0) is 147 Å². The average molecular weight is 2290 g/mol. The third-order valence-electron chi connectivity index (χ3n) is 22.9. The van der Waals surface area contributed by atoms with E-state index < -0.39 is 17.1 Å². The number of anilines is 5. The lowest BCUT2D eigenvalue weighted by atomic mass is 10.00. The van der Waals surface area contributed by atoms with Crippen LogP contribution in [0.4, 0.5) is 38.3 Å². The molecular weight excluding hydrogens is 2170 g/mol.